The van der Waals surface area contributed by atoms with Crippen LogP contribution in [0.2, 0.25) is 0 Å². The second-order valence-electron chi connectivity index (χ2n) is 7.88. The van der Waals surface area contributed by atoms with Gasteiger partial charge in [0, 0.05) is 13.0 Å². The molecule has 0 aliphatic carbocycles. The van der Waals surface area contributed by atoms with Gasteiger partial charge in [0.1, 0.15) is 5.75 Å². The predicted molar refractivity (Wildman–Crippen MR) is 132 cm³/mol. The second kappa shape index (κ2) is 11.0. The first-order chi connectivity index (χ1) is 15.8. The summed E-state index contributed by atoms with van der Waals surface area (Å²) in [5.74, 6) is 0.330. The smallest absolute Gasteiger partial charge is 0.232 e. The largest absolute Gasteiger partial charge is 0.495 e. The van der Waals surface area contributed by atoms with Gasteiger partial charge < -0.3 is 10.1 Å². The van der Waals surface area contributed by atoms with Crippen LogP contribution in [0.3, 0.4) is 0 Å². The minimum atomic E-state index is -3.54. The van der Waals surface area contributed by atoms with Gasteiger partial charge >= 0.3 is 0 Å². The van der Waals surface area contributed by atoms with Gasteiger partial charge in [0.25, 0.3) is 0 Å². The predicted octanol–water partition coefficient (Wildman–Crippen LogP) is 4.46. The van der Waals surface area contributed by atoms with Gasteiger partial charge in [-0.25, -0.2) is 8.42 Å². The zero-order chi connectivity index (χ0) is 23.8. The highest BCUT2D eigenvalue weighted by Gasteiger charge is 2.22. The minimum Gasteiger partial charge on any atom is -0.495 e. The summed E-state index contributed by atoms with van der Waals surface area (Å²) in [4.78, 5) is 12.9. The van der Waals surface area contributed by atoms with E-state index in [4.69, 9.17) is 4.74 Å². The van der Waals surface area contributed by atoms with Crippen molar-refractivity contribution in [1.82, 2.24) is 5.32 Å². The fourth-order valence-corrected chi connectivity index (χ4v) is 4.78. The van der Waals surface area contributed by atoms with Crippen molar-refractivity contribution in [1.29, 1.82) is 0 Å². The van der Waals surface area contributed by atoms with Crippen molar-refractivity contribution in [3.63, 3.8) is 0 Å². The molecular weight excluding hydrogens is 436 g/mol. The SMILES string of the molecule is COc1ccccc1N(CCCC(=O)N[C@H](c1ccccc1)c1ccccc1C)S(C)(=O)=O. The zero-order valence-corrected chi connectivity index (χ0v) is 20.0. The van der Waals surface area contributed by atoms with Crippen LogP contribution in [-0.4, -0.2) is 34.2 Å². The lowest BCUT2D eigenvalue weighted by Crippen LogP contribution is -2.33. The van der Waals surface area contributed by atoms with Crippen LogP contribution in [0.1, 0.15) is 35.6 Å². The molecule has 174 valence electrons. The summed E-state index contributed by atoms with van der Waals surface area (Å²) in [5.41, 5.74) is 3.58. The molecule has 0 fully saturated rings. The molecule has 0 aliphatic heterocycles. The zero-order valence-electron chi connectivity index (χ0n) is 19.2. The third-order valence-corrected chi connectivity index (χ3v) is 6.64. The number of hydrogen-bond acceptors (Lipinski definition) is 4. The quantitative estimate of drug-likeness (QED) is 0.479. The first-order valence-electron chi connectivity index (χ1n) is 10.8. The Morgan fingerprint density at radius 3 is 2.27 bits per heavy atom. The summed E-state index contributed by atoms with van der Waals surface area (Å²) in [5, 5.41) is 3.13. The molecule has 1 N–H and O–H groups in total. The molecule has 7 heteroatoms. The van der Waals surface area contributed by atoms with Gasteiger partial charge in [-0.15, -0.1) is 0 Å². The number of methoxy groups -OCH3 is 1. The van der Waals surface area contributed by atoms with Crippen molar-refractivity contribution in [2.24, 2.45) is 0 Å². The van der Waals surface area contributed by atoms with Crippen molar-refractivity contribution in [3.05, 3.63) is 95.6 Å². The Balaban J connectivity index is 1.72. The summed E-state index contributed by atoms with van der Waals surface area (Å²) >= 11 is 0. The number of nitrogens with one attached hydrogen (secondary N) is 1. The first kappa shape index (κ1) is 24.3. The fraction of sp³-hybridized carbons (Fsp3) is 0.269. The van der Waals surface area contributed by atoms with E-state index in [1.54, 1.807) is 24.3 Å². The van der Waals surface area contributed by atoms with Crippen molar-refractivity contribution in [2.45, 2.75) is 25.8 Å². The molecule has 0 heterocycles. The maximum absolute atomic E-state index is 12.9. The molecule has 3 rings (SSSR count). The first-order valence-corrected chi connectivity index (χ1v) is 12.7. The van der Waals surface area contributed by atoms with E-state index < -0.39 is 10.0 Å². The van der Waals surface area contributed by atoms with Crippen LogP contribution in [-0.2, 0) is 14.8 Å². The van der Waals surface area contributed by atoms with Gasteiger partial charge in [-0.05, 0) is 42.2 Å². The van der Waals surface area contributed by atoms with Crippen LogP contribution in [0.25, 0.3) is 0 Å². The lowest BCUT2D eigenvalue weighted by Gasteiger charge is -2.25. The molecule has 0 radical (unpaired) electrons. The van der Waals surface area contributed by atoms with Gasteiger partial charge in [-0.1, -0.05) is 66.7 Å². The van der Waals surface area contributed by atoms with E-state index >= 15 is 0 Å². The molecule has 3 aromatic carbocycles. The van der Waals surface area contributed by atoms with E-state index in [0.717, 1.165) is 22.9 Å². The molecule has 6 nitrogen and oxygen atoms in total. The third-order valence-electron chi connectivity index (χ3n) is 5.46. The normalized spacial score (nSPS) is 12.1. The van der Waals surface area contributed by atoms with E-state index in [1.807, 2.05) is 61.5 Å². The van der Waals surface area contributed by atoms with Crippen molar-refractivity contribution in [2.75, 3.05) is 24.2 Å². The van der Waals surface area contributed by atoms with Crippen LogP contribution in [0, 0.1) is 6.92 Å². The van der Waals surface area contributed by atoms with Gasteiger partial charge in [-0.2, -0.15) is 0 Å². The Kier molecular flexibility index (Phi) is 8.11. The topological polar surface area (TPSA) is 75.7 Å². The number of nitrogens with zero attached hydrogens (tertiary/aromatic N) is 1. The van der Waals surface area contributed by atoms with Crippen LogP contribution >= 0.6 is 0 Å². The van der Waals surface area contributed by atoms with Crippen molar-refractivity contribution < 1.29 is 17.9 Å². The molecule has 0 saturated heterocycles. The molecule has 1 atom stereocenters. The average molecular weight is 467 g/mol. The molecule has 0 spiro atoms. The highest BCUT2D eigenvalue weighted by Crippen LogP contribution is 2.30. The third kappa shape index (κ3) is 6.35. The second-order valence-corrected chi connectivity index (χ2v) is 9.79. The number of anilines is 1. The summed E-state index contributed by atoms with van der Waals surface area (Å²) in [6.07, 6.45) is 1.71. The number of carbonyl (C=O) groups is 1. The van der Waals surface area contributed by atoms with E-state index in [-0.39, 0.29) is 24.9 Å². The van der Waals surface area contributed by atoms with E-state index in [1.165, 1.54) is 11.4 Å². The molecule has 3 aromatic rings. The summed E-state index contributed by atoms with van der Waals surface area (Å²) in [7, 11) is -2.04. The number of ether oxygens (including phenoxy) is 1. The van der Waals surface area contributed by atoms with Crippen LogP contribution in [0.5, 0.6) is 5.75 Å². The van der Waals surface area contributed by atoms with Crippen LogP contribution in [0.15, 0.2) is 78.9 Å². The van der Waals surface area contributed by atoms with Crippen molar-refractivity contribution in [3.8, 4) is 5.75 Å². The number of benzene rings is 3. The number of amides is 1. The molecule has 0 aliphatic rings. The average Bonchev–Trinajstić information content (AvgIpc) is 2.80. The molecule has 33 heavy (non-hydrogen) atoms. The van der Waals surface area contributed by atoms with Gasteiger partial charge in [-0.3, -0.25) is 9.10 Å². The Bertz CT molecular complexity index is 1180. The highest BCUT2D eigenvalue weighted by molar-refractivity contribution is 7.92. The van der Waals surface area contributed by atoms with Crippen molar-refractivity contribution >= 4 is 21.6 Å². The Morgan fingerprint density at radius 2 is 1.61 bits per heavy atom. The lowest BCUT2D eigenvalue weighted by molar-refractivity contribution is -0.121. The highest BCUT2D eigenvalue weighted by atomic mass is 32.2. The molecule has 0 unspecified atom stereocenters. The van der Waals surface area contributed by atoms with Gasteiger partial charge in [0.05, 0.1) is 25.1 Å². The van der Waals surface area contributed by atoms with E-state index in [0.29, 0.717) is 17.9 Å². The fourth-order valence-electron chi connectivity index (χ4n) is 3.81. The standard InChI is InChI=1S/C26H30N2O4S/c1-20-12-7-8-15-22(20)26(21-13-5-4-6-14-21)27-25(29)18-11-19-28(33(3,30)31)23-16-9-10-17-24(23)32-2/h4-10,12-17,26H,11,18-19H2,1-3H3,(H,27,29)/t26-/m1/s1. The number of carbonyl (C=O) groups excluding carboxylic acids is 1. The Hall–Kier alpha value is -3.32. The van der Waals surface area contributed by atoms with Crippen LogP contribution < -0.4 is 14.4 Å². The summed E-state index contributed by atoms with van der Waals surface area (Å²) < 4.78 is 31.5. The summed E-state index contributed by atoms with van der Waals surface area (Å²) in [6.45, 7) is 2.20. The van der Waals surface area contributed by atoms with Crippen LogP contribution in [0.4, 0.5) is 5.69 Å². The lowest BCUT2D eigenvalue weighted by atomic mass is 9.95. The molecule has 0 saturated carbocycles. The number of hydrogen-bond donors (Lipinski definition) is 1. The molecule has 0 bridgehead atoms. The minimum absolute atomic E-state index is 0.138. The van der Waals surface area contributed by atoms with Gasteiger partial charge in [0.15, 0.2) is 0 Å². The van der Waals surface area contributed by atoms with E-state index in [2.05, 4.69) is 5.32 Å². The molecular formula is C26H30N2O4S. The maximum Gasteiger partial charge on any atom is 0.232 e. The monoisotopic (exact) mass is 466 g/mol. The maximum atomic E-state index is 12.9. The number of sulfonamides is 1. The number of rotatable bonds is 10. The summed E-state index contributed by atoms with van der Waals surface area (Å²) in [6, 6.07) is 24.5. The number of aryl methyl sites for hydroxylation is 1. The van der Waals surface area contributed by atoms with E-state index in [9.17, 15) is 13.2 Å². The van der Waals surface area contributed by atoms with Gasteiger partial charge in [0.2, 0.25) is 15.9 Å². The Morgan fingerprint density at radius 1 is 0.970 bits per heavy atom. The molecule has 1 amide bonds. The molecule has 0 aromatic heterocycles. The Labute approximate surface area is 196 Å². The number of para-hydroxylation sites is 2.